The van der Waals surface area contributed by atoms with Crippen molar-refractivity contribution in [2.45, 2.75) is 6.29 Å². The molecule has 0 saturated carbocycles. The third-order valence-electron chi connectivity index (χ3n) is 1.89. The predicted molar refractivity (Wildman–Crippen MR) is 55.2 cm³/mol. The average Bonchev–Trinajstić information content (AvgIpc) is 2.31. The molecule has 0 atom stereocenters. The number of methoxy groups -OCH3 is 2. The lowest BCUT2D eigenvalue weighted by molar-refractivity contribution is -0.0914. The van der Waals surface area contributed by atoms with Gasteiger partial charge in [-0.2, -0.15) is 5.26 Å². The Kier molecular flexibility index (Phi) is 4.54. The molecule has 0 radical (unpaired) electrons. The van der Waals surface area contributed by atoms with Gasteiger partial charge in [0.2, 0.25) is 0 Å². The molecule has 1 aromatic rings. The molecule has 0 aliphatic heterocycles. The van der Waals surface area contributed by atoms with Crippen LogP contribution in [-0.4, -0.2) is 32.0 Å². The molecule has 0 unspecified atom stereocenters. The number of ether oxygens (including phenoxy) is 2. The summed E-state index contributed by atoms with van der Waals surface area (Å²) < 4.78 is 10.00. The molecule has 0 bridgehead atoms. The Morgan fingerprint density at radius 3 is 2.87 bits per heavy atom. The second-order valence-electron chi connectivity index (χ2n) is 2.79. The highest BCUT2D eigenvalue weighted by molar-refractivity contribution is 5.51. The molecule has 0 saturated heterocycles. The molecule has 0 aliphatic rings. The van der Waals surface area contributed by atoms with E-state index in [0.717, 1.165) is 0 Å². The largest absolute Gasteiger partial charge is 0.364 e. The van der Waals surface area contributed by atoms with E-state index >= 15 is 0 Å². The van der Waals surface area contributed by atoms with Crippen molar-refractivity contribution in [1.82, 2.24) is 4.98 Å². The highest BCUT2D eigenvalue weighted by atomic mass is 16.7. The summed E-state index contributed by atoms with van der Waals surface area (Å²) in [6.07, 6.45) is 1.27. The monoisotopic (exact) mass is 207 g/mol. The minimum absolute atomic E-state index is 0.349. The molecule has 0 spiro atoms. The smallest absolute Gasteiger partial charge is 0.173 e. The number of hydrogen-bond acceptors (Lipinski definition) is 5. The van der Waals surface area contributed by atoms with Gasteiger partial charge >= 0.3 is 0 Å². The molecule has 0 aliphatic carbocycles. The van der Waals surface area contributed by atoms with E-state index in [-0.39, 0.29) is 6.29 Å². The van der Waals surface area contributed by atoms with Crippen molar-refractivity contribution in [3.05, 3.63) is 23.9 Å². The Hall–Kier alpha value is -1.64. The molecule has 15 heavy (non-hydrogen) atoms. The second-order valence-corrected chi connectivity index (χ2v) is 2.79. The fourth-order valence-electron chi connectivity index (χ4n) is 1.08. The van der Waals surface area contributed by atoms with Gasteiger partial charge in [-0.05, 0) is 12.1 Å². The van der Waals surface area contributed by atoms with Gasteiger partial charge in [-0.15, -0.1) is 0 Å². The quantitative estimate of drug-likeness (QED) is 0.729. The van der Waals surface area contributed by atoms with Crippen molar-refractivity contribution in [2.24, 2.45) is 0 Å². The lowest BCUT2D eigenvalue weighted by atomic mass is 10.3. The molecule has 1 aromatic heterocycles. The molecule has 1 rings (SSSR count). The van der Waals surface area contributed by atoms with Crippen LogP contribution >= 0.6 is 0 Å². The predicted octanol–water partition coefficient (Wildman–Crippen LogP) is 0.984. The van der Waals surface area contributed by atoms with E-state index in [1.807, 2.05) is 6.07 Å². The second kappa shape index (κ2) is 5.96. The molecule has 5 nitrogen and oxygen atoms in total. The topological polar surface area (TPSA) is 67.2 Å². The van der Waals surface area contributed by atoms with Crippen molar-refractivity contribution in [3.8, 4) is 6.07 Å². The first-order chi connectivity index (χ1) is 7.31. The maximum absolute atomic E-state index is 8.81. The van der Waals surface area contributed by atoms with Crippen LogP contribution in [0, 0.1) is 11.3 Å². The van der Waals surface area contributed by atoms with Crippen LogP contribution in [-0.2, 0) is 9.47 Å². The van der Waals surface area contributed by atoms with Gasteiger partial charge in [-0.1, -0.05) is 0 Å². The van der Waals surface area contributed by atoms with E-state index in [2.05, 4.69) is 10.3 Å². The van der Waals surface area contributed by atoms with Crippen LogP contribution in [0.4, 0.5) is 5.82 Å². The van der Waals surface area contributed by atoms with Gasteiger partial charge in [0.05, 0.1) is 12.1 Å². The number of nitrogens with one attached hydrogen (secondary N) is 1. The first-order valence-corrected chi connectivity index (χ1v) is 4.46. The Balaban J connectivity index is 2.61. The molecular weight excluding hydrogens is 194 g/mol. The third kappa shape index (κ3) is 3.20. The summed E-state index contributed by atoms with van der Waals surface area (Å²) in [5, 5.41) is 11.8. The molecule has 5 heteroatoms. The first-order valence-electron chi connectivity index (χ1n) is 4.46. The minimum Gasteiger partial charge on any atom is -0.364 e. The Morgan fingerprint density at radius 2 is 2.27 bits per heavy atom. The number of hydrogen-bond donors (Lipinski definition) is 1. The van der Waals surface area contributed by atoms with E-state index in [1.54, 1.807) is 32.5 Å². The van der Waals surface area contributed by atoms with Crippen LogP contribution in [0.1, 0.15) is 5.56 Å². The zero-order valence-corrected chi connectivity index (χ0v) is 8.73. The van der Waals surface area contributed by atoms with Crippen molar-refractivity contribution in [3.63, 3.8) is 0 Å². The maximum Gasteiger partial charge on any atom is 0.173 e. The zero-order valence-electron chi connectivity index (χ0n) is 8.73. The van der Waals surface area contributed by atoms with Crippen LogP contribution in [0.25, 0.3) is 0 Å². The standard InChI is InChI=1S/C10H13N3O2/c1-14-9(15-2)7-13-10-8(6-11)4-3-5-12-10/h3-5,9H,7H2,1-2H3,(H,12,13). The normalized spacial score (nSPS) is 10.0. The molecule has 0 fully saturated rings. The summed E-state index contributed by atoms with van der Waals surface area (Å²) in [5.41, 5.74) is 0.503. The number of pyridine rings is 1. The summed E-state index contributed by atoms with van der Waals surface area (Å²) in [5.74, 6) is 0.541. The van der Waals surface area contributed by atoms with Gasteiger partial charge in [-0.3, -0.25) is 0 Å². The molecule has 1 N–H and O–H groups in total. The minimum atomic E-state index is -0.349. The highest BCUT2D eigenvalue weighted by Crippen LogP contribution is 2.09. The molecule has 0 amide bonds. The Labute approximate surface area is 88.6 Å². The van der Waals surface area contributed by atoms with Crippen LogP contribution in [0.5, 0.6) is 0 Å². The van der Waals surface area contributed by atoms with E-state index in [4.69, 9.17) is 14.7 Å². The summed E-state index contributed by atoms with van der Waals surface area (Å²) >= 11 is 0. The lowest BCUT2D eigenvalue weighted by Crippen LogP contribution is -2.24. The fourth-order valence-corrected chi connectivity index (χ4v) is 1.08. The van der Waals surface area contributed by atoms with Crippen molar-refractivity contribution in [2.75, 3.05) is 26.1 Å². The zero-order chi connectivity index (χ0) is 11.1. The van der Waals surface area contributed by atoms with Crippen LogP contribution in [0.15, 0.2) is 18.3 Å². The van der Waals surface area contributed by atoms with E-state index in [0.29, 0.717) is 17.9 Å². The fraction of sp³-hybridized carbons (Fsp3) is 0.400. The molecule has 80 valence electrons. The first kappa shape index (κ1) is 11.4. The summed E-state index contributed by atoms with van der Waals surface area (Å²) in [6.45, 7) is 0.443. The van der Waals surface area contributed by atoms with Gasteiger partial charge in [0.15, 0.2) is 6.29 Å². The molecular formula is C10H13N3O2. The number of nitriles is 1. The van der Waals surface area contributed by atoms with Gasteiger partial charge < -0.3 is 14.8 Å². The van der Waals surface area contributed by atoms with E-state index < -0.39 is 0 Å². The van der Waals surface area contributed by atoms with Crippen LogP contribution < -0.4 is 5.32 Å². The van der Waals surface area contributed by atoms with Crippen LogP contribution in [0.2, 0.25) is 0 Å². The van der Waals surface area contributed by atoms with Crippen molar-refractivity contribution >= 4 is 5.82 Å². The van der Waals surface area contributed by atoms with Gasteiger partial charge in [-0.25, -0.2) is 4.98 Å². The lowest BCUT2D eigenvalue weighted by Gasteiger charge is -2.14. The molecule has 0 aromatic carbocycles. The number of aromatic nitrogens is 1. The molecule has 1 heterocycles. The van der Waals surface area contributed by atoms with Crippen LogP contribution in [0.3, 0.4) is 0 Å². The third-order valence-corrected chi connectivity index (χ3v) is 1.89. The summed E-state index contributed by atoms with van der Waals surface area (Å²) in [7, 11) is 3.11. The maximum atomic E-state index is 8.81. The highest BCUT2D eigenvalue weighted by Gasteiger charge is 2.07. The SMILES string of the molecule is COC(CNc1ncccc1C#N)OC. The van der Waals surface area contributed by atoms with Gasteiger partial charge in [0, 0.05) is 20.4 Å². The number of nitrogens with zero attached hydrogens (tertiary/aromatic N) is 2. The Bertz CT molecular complexity index is 345. The number of anilines is 1. The number of rotatable bonds is 5. The average molecular weight is 207 g/mol. The van der Waals surface area contributed by atoms with Crippen molar-refractivity contribution in [1.29, 1.82) is 5.26 Å². The summed E-state index contributed by atoms with van der Waals surface area (Å²) in [4.78, 5) is 4.05. The van der Waals surface area contributed by atoms with E-state index in [1.165, 1.54) is 0 Å². The Morgan fingerprint density at radius 1 is 1.53 bits per heavy atom. The van der Waals surface area contributed by atoms with Gasteiger partial charge in [0.25, 0.3) is 0 Å². The van der Waals surface area contributed by atoms with Gasteiger partial charge in [0.1, 0.15) is 11.9 Å². The summed E-state index contributed by atoms with van der Waals surface area (Å²) in [6, 6.07) is 5.46. The van der Waals surface area contributed by atoms with Crippen molar-refractivity contribution < 1.29 is 9.47 Å². The van der Waals surface area contributed by atoms with E-state index in [9.17, 15) is 0 Å².